The standard InChI is InChI=1S/C14H14O3/c15-13-8-12(10-6-1-2-7-11(10)13)14(16)17-9-4-3-5-9/h1-2,6-9,13,15H,3-5H2. The summed E-state index contributed by atoms with van der Waals surface area (Å²) in [5.74, 6) is -0.307. The highest BCUT2D eigenvalue weighted by molar-refractivity contribution is 6.18. The molecule has 0 aliphatic heterocycles. The van der Waals surface area contributed by atoms with Crippen molar-refractivity contribution in [3.8, 4) is 0 Å². The third kappa shape index (κ3) is 1.76. The van der Waals surface area contributed by atoms with Crippen LogP contribution in [0.25, 0.3) is 5.57 Å². The zero-order chi connectivity index (χ0) is 11.8. The van der Waals surface area contributed by atoms with Crippen molar-refractivity contribution in [2.24, 2.45) is 0 Å². The van der Waals surface area contributed by atoms with Crippen LogP contribution in [0.1, 0.15) is 36.5 Å². The summed E-state index contributed by atoms with van der Waals surface area (Å²) in [7, 11) is 0. The third-order valence-corrected chi connectivity index (χ3v) is 3.44. The SMILES string of the molecule is O=C(OC1CCC1)C1=CC(O)c2ccccc21. The van der Waals surface area contributed by atoms with Crippen LogP contribution < -0.4 is 0 Å². The Labute approximate surface area is 99.7 Å². The van der Waals surface area contributed by atoms with Gasteiger partial charge in [-0.1, -0.05) is 24.3 Å². The molecule has 1 N–H and O–H groups in total. The molecule has 3 nitrogen and oxygen atoms in total. The first-order valence-electron chi connectivity index (χ1n) is 5.96. The molecule has 1 fully saturated rings. The van der Waals surface area contributed by atoms with Crippen molar-refractivity contribution in [3.63, 3.8) is 0 Å². The largest absolute Gasteiger partial charge is 0.459 e. The van der Waals surface area contributed by atoms with Gasteiger partial charge in [-0.25, -0.2) is 4.79 Å². The van der Waals surface area contributed by atoms with E-state index in [1.807, 2.05) is 24.3 Å². The third-order valence-electron chi connectivity index (χ3n) is 3.44. The molecule has 1 aromatic rings. The molecule has 1 saturated carbocycles. The summed E-state index contributed by atoms with van der Waals surface area (Å²) in [6.45, 7) is 0. The predicted molar refractivity (Wildman–Crippen MR) is 63.1 cm³/mol. The zero-order valence-corrected chi connectivity index (χ0v) is 9.43. The summed E-state index contributed by atoms with van der Waals surface area (Å²) < 4.78 is 5.36. The number of carbonyl (C=O) groups is 1. The number of aliphatic hydroxyl groups is 1. The molecular weight excluding hydrogens is 216 g/mol. The molecule has 1 unspecified atom stereocenters. The molecule has 88 valence electrons. The number of ether oxygens (including phenoxy) is 1. The quantitative estimate of drug-likeness (QED) is 0.792. The molecule has 0 amide bonds. The van der Waals surface area contributed by atoms with Gasteiger partial charge in [-0.15, -0.1) is 0 Å². The van der Waals surface area contributed by atoms with E-state index in [-0.39, 0.29) is 12.1 Å². The lowest BCUT2D eigenvalue weighted by Crippen LogP contribution is -2.25. The molecule has 0 bridgehead atoms. The fourth-order valence-corrected chi connectivity index (χ4v) is 2.22. The first kappa shape index (κ1) is 10.5. The van der Waals surface area contributed by atoms with Gasteiger partial charge in [0, 0.05) is 0 Å². The van der Waals surface area contributed by atoms with E-state index < -0.39 is 6.10 Å². The highest BCUT2D eigenvalue weighted by atomic mass is 16.5. The van der Waals surface area contributed by atoms with E-state index >= 15 is 0 Å². The summed E-state index contributed by atoms with van der Waals surface area (Å²) >= 11 is 0. The number of rotatable bonds is 2. The average Bonchev–Trinajstić information content (AvgIpc) is 2.62. The summed E-state index contributed by atoms with van der Waals surface area (Å²) in [6.07, 6.45) is 4.03. The van der Waals surface area contributed by atoms with Crippen molar-refractivity contribution in [2.45, 2.75) is 31.5 Å². The van der Waals surface area contributed by atoms with E-state index in [0.29, 0.717) is 5.57 Å². The predicted octanol–water partition coefficient (Wildman–Crippen LogP) is 2.21. The highest BCUT2D eigenvalue weighted by Crippen LogP contribution is 2.35. The second-order valence-electron chi connectivity index (χ2n) is 4.57. The Morgan fingerprint density at radius 3 is 2.76 bits per heavy atom. The normalized spacial score (nSPS) is 22.6. The van der Waals surface area contributed by atoms with E-state index in [9.17, 15) is 9.90 Å². The van der Waals surface area contributed by atoms with Crippen molar-refractivity contribution >= 4 is 11.5 Å². The van der Waals surface area contributed by atoms with Crippen LogP contribution in [-0.2, 0) is 9.53 Å². The van der Waals surface area contributed by atoms with E-state index in [1.165, 1.54) is 0 Å². The molecular formula is C14H14O3. The van der Waals surface area contributed by atoms with Crippen LogP contribution in [0, 0.1) is 0 Å². The fraction of sp³-hybridized carbons (Fsp3) is 0.357. The molecule has 3 heteroatoms. The first-order valence-corrected chi connectivity index (χ1v) is 5.96. The van der Waals surface area contributed by atoms with Gasteiger partial charge in [0.05, 0.1) is 11.7 Å². The van der Waals surface area contributed by atoms with Crippen molar-refractivity contribution in [2.75, 3.05) is 0 Å². The van der Waals surface area contributed by atoms with Crippen molar-refractivity contribution in [1.29, 1.82) is 0 Å². The molecule has 2 aliphatic rings. The minimum Gasteiger partial charge on any atom is -0.459 e. The minimum atomic E-state index is -0.685. The summed E-state index contributed by atoms with van der Waals surface area (Å²) in [5, 5.41) is 9.82. The second kappa shape index (κ2) is 4.00. The average molecular weight is 230 g/mol. The van der Waals surface area contributed by atoms with Crippen LogP contribution in [-0.4, -0.2) is 17.2 Å². The summed E-state index contributed by atoms with van der Waals surface area (Å²) in [6, 6.07) is 7.40. The molecule has 0 aromatic heterocycles. The van der Waals surface area contributed by atoms with Crippen molar-refractivity contribution in [1.82, 2.24) is 0 Å². The van der Waals surface area contributed by atoms with Gasteiger partial charge >= 0.3 is 5.97 Å². The van der Waals surface area contributed by atoms with Crippen LogP contribution in [0.3, 0.4) is 0 Å². The Morgan fingerprint density at radius 2 is 2.06 bits per heavy atom. The molecule has 0 heterocycles. The Hall–Kier alpha value is -1.61. The lowest BCUT2D eigenvalue weighted by atomic mass is 9.96. The number of fused-ring (bicyclic) bond motifs is 1. The highest BCUT2D eigenvalue weighted by Gasteiger charge is 2.29. The number of benzene rings is 1. The molecule has 17 heavy (non-hydrogen) atoms. The van der Waals surface area contributed by atoms with Gasteiger partial charge in [-0.05, 0) is 36.5 Å². The number of aliphatic hydroxyl groups excluding tert-OH is 1. The maximum absolute atomic E-state index is 12.0. The van der Waals surface area contributed by atoms with Gasteiger partial charge in [-0.2, -0.15) is 0 Å². The van der Waals surface area contributed by atoms with Gasteiger partial charge in [-0.3, -0.25) is 0 Å². The summed E-state index contributed by atoms with van der Waals surface area (Å²) in [4.78, 5) is 12.0. The Morgan fingerprint density at radius 1 is 1.29 bits per heavy atom. The van der Waals surface area contributed by atoms with E-state index in [4.69, 9.17) is 4.74 Å². The molecule has 1 atom stereocenters. The maximum atomic E-state index is 12.0. The van der Waals surface area contributed by atoms with Gasteiger partial charge in [0.25, 0.3) is 0 Å². The van der Waals surface area contributed by atoms with Gasteiger partial charge in [0.2, 0.25) is 0 Å². The molecule has 0 saturated heterocycles. The lowest BCUT2D eigenvalue weighted by Gasteiger charge is -2.25. The van der Waals surface area contributed by atoms with E-state index in [1.54, 1.807) is 6.08 Å². The van der Waals surface area contributed by atoms with Crippen molar-refractivity contribution < 1.29 is 14.6 Å². The first-order chi connectivity index (χ1) is 8.25. The Balaban J connectivity index is 1.84. The van der Waals surface area contributed by atoms with Crippen molar-refractivity contribution in [3.05, 3.63) is 41.5 Å². The smallest absolute Gasteiger partial charge is 0.338 e. The van der Waals surface area contributed by atoms with Crippen LogP contribution in [0.4, 0.5) is 0 Å². The number of esters is 1. The van der Waals surface area contributed by atoms with Gasteiger partial charge in [0.15, 0.2) is 0 Å². The van der Waals surface area contributed by atoms with Crippen LogP contribution in [0.2, 0.25) is 0 Å². The second-order valence-corrected chi connectivity index (χ2v) is 4.57. The fourth-order valence-electron chi connectivity index (χ4n) is 2.22. The van der Waals surface area contributed by atoms with E-state index in [2.05, 4.69) is 0 Å². The Bertz CT molecular complexity index is 486. The summed E-state index contributed by atoms with van der Waals surface area (Å²) in [5.41, 5.74) is 2.08. The molecule has 0 radical (unpaired) electrons. The number of hydrogen-bond donors (Lipinski definition) is 1. The van der Waals surface area contributed by atoms with Gasteiger partial charge in [0.1, 0.15) is 6.10 Å². The van der Waals surface area contributed by atoms with Crippen LogP contribution in [0.15, 0.2) is 30.3 Å². The monoisotopic (exact) mass is 230 g/mol. The van der Waals surface area contributed by atoms with E-state index in [0.717, 1.165) is 30.4 Å². The van der Waals surface area contributed by atoms with Gasteiger partial charge < -0.3 is 9.84 Å². The maximum Gasteiger partial charge on any atom is 0.338 e. The molecule has 3 rings (SSSR count). The van der Waals surface area contributed by atoms with Crippen LogP contribution >= 0.6 is 0 Å². The number of carbonyl (C=O) groups excluding carboxylic acids is 1. The number of hydrogen-bond acceptors (Lipinski definition) is 3. The lowest BCUT2D eigenvalue weighted by molar-refractivity contribution is -0.145. The molecule has 1 aromatic carbocycles. The zero-order valence-electron chi connectivity index (χ0n) is 9.43. The van der Waals surface area contributed by atoms with Crippen LogP contribution in [0.5, 0.6) is 0 Å². The topological polar surface area (TPSA) is 46.5 Å². The molecule has 2 aliphatic carbocycles. The molecule has 0 spiro atoms. The Kier molecular flexibility index (Phi) is 2.48. The minimum absolute atomic E-state index is 0.0771.